The molecule has 18 heavy (non-hydrogen) atoms. The maximum atomic E-state index is 12.6. The second-order valence-electron chi connectivity index (χ2n) is 5.86. The van der Waals surface area contributed by atoms with Crippen LogP contribution >= 0.6 is 0 Å². The zero-order valence-electron chi connectivity index (χ0n) is 11.7. The largest absolute Gasteiger partial charge is 0.311 e. The van der Waals surface area contributed by atoms with Gasteiger partial charge in [0.05, 0.1) is 5.54 Å². The van der Waals surface area contributed by atoms with Gasteiger partial charge in [-0.3, -0.25) is 4.79 Å². The fourth-order valence-corrected chi connectivity index (χ4v) is 2.25. The number of amides is 1. The molecule has 1 amide bonds. The average Bonchev–Trinajstić information content (AvgIpc) is 2.42. The summed E-state index contributed by atoms with van der Waals surface area (Å²) in [4.78, 5) is 14.5. The number of nitrogens with one attached hydrogen (secondary N) is 1. The van der Waals surface area contributed by atoms with Gasteiger partial charge in [0, 0.05) is 18.8 Å². The smallest absolute Gasteiger partial charge is 0.246 e. The number of benzene rings is 1. The van der Waals surface area contributed by atoms with Gasteiger partial charge in [-0.2, -0.15) is 0 Å². The van der Waals surface area contributed by atoms with E-state index in [1.807, 2.05) is 30.9 Å². The molecule has 3 heteroatoms. The third kappa shape index (κ3) is 2.56. The summed E-state index contributed by atoms with van der Waals surface area (Å²) in [5, 5.41) is 3.34. The topological polar surface area (TPSA) is 32.3 Å². The molecule has 0 radical (unpaired) electrons. The van der Waals surface area contributed by atoms with Crippen LogP contribution in [0.3, 0.4) is 0 Å². The highest BCUT2D eigenvalue weighted by atomic mass is 16.2. The number of carbonyl (C=O) groups is 1. The summed E-state index contributed by atoms with van der Waals surface area (Å²) in [5.41, 5.74) is 1.72. The van der Waals surface area contributed by atoms with Crippen molar-refractivity contribution in [2.45, 2.75) is 33.2 Å². The van der Waals surface area contributed by atoms with Crippen molar-refractivity contribution in [2.75, 3.05) is 18.0 Å². The lowest BCUT2D eigenvalue weighted by atomic mass is 10.0. The summed E-state index contributed by atoms with van der Waals surface area (Å²) < 4.78 is 0. The number of anilines is 1. The fraction of sp³-hybridized carbons (Fsp3) is 0.533. The molecule has 0 spiro atoms. The number of carbonyl (C=O) groups excluding carboxylic acids is 1. The van der Waals surface area contributed by atoms with Crippen molar-refractivity contribution in [1.29, 1.82) is 0 Å². The maximum Gasteiger partial charge on any atom is 0.246 e. The van der Waals surface area contributed by atoms with Crippen LogP contribution in [-0.4, -0.2) is 24.5 Å². The Morgan fingerprint density at radius 3 is 2.50 bits per heavy atom. The molecule has 0 aromatic heterocycles. The Hall–Kier alpha value is -1.35. The van der Waals surface area contributed by atoms with Crippen molar-refractivity contribution in [3.8, 4) is 0 Å². The molecule has 2 rings (SSSR count). The molecule has 98 valence electrons. The first-order valence-electron chi connectivity index (χ1n) is 6.54. The molecule has 1 aromatic rings. The van der Waals surface area contributed by atoms with Crippen molar-refractivity contribution < 1.29 is 4.79 Å². The second-order valence-corrected chi connectivity index (χ2v) is 5.86. The monoisotopic (exact) mass is 246 g/mol. The van der Waals surface area contributed by atoms with E-state index < -0.39 is 5.54 Å². The molecular formula is C15H22N2O. The van der Waals surface area contributed by atoms with Crippen LogP contribution in [0.1, 0.15) is 26.3 Å². The van der Waals surface area contributed by atoms with E-state index in [4.69, 9.17) is 0 Å². The molecule has 1 fully saturated rings. The Bertz CT molecular complexity index is 436. The van der Waals surface area contributed by atoms with Gasteiger partial charge in [-0.05, 0) is 38.8 Å². The molecule has 1 atom stereocenters. The normalized spacial score (nSPS) is 23.9. The minimum Gasteiger partial charge on any atom is -0.311 e. The van der Waals surface area contributed by atoms with Gasteiger partial charge in [-0.1, -0.05) is 24.6 Å². The Labute approximate surface area is 109 Å². The van der Waals surface area contributed by atoms with Crippen LogP contribution < -0.4 is 10.2 Å². The molecule has 1 saturated heterocycles. The minimum absolute atomic E-state index is 0.149. The quantitative estimate of drug-likeness (QED) is 0.825. The highest BCUT2D eigenvalue weighted by Crippen LogP contribution is 2.23. The summed E-state index contributed by atoms with van der Waals surface area (Å²) in [6, 6.07) is 8.17. The standard InChI is InChI=1S/C15H22N2O/c1-11-5-7-13(8-6-11)17-10-12(2)9-16-15(3,4)14(17)18/h5-8,12,16H,9-10H2,1-4H3. The summed E-state index contributed by atoms with van der Waals surface area (Å²) in [5.74, 6) is 0.604. The van der Waals surface area contributed by atoms with E-state index in [0.29, 0.717) is 5.92 Å². The van der Waals surface area contributed by atoms with Crippen LogP contribution in [0.5, 0.6) is 0 Å². The predicted octanol–water partition coefficient (Wildman–Crippen LogP) is 2.35. The third-order valence-corrected chi connectivity index (χ3v) is 3.51. The predicted molar refractivity (Wildman–Crippen MR) is 74.8 cm³/mol. The van der Waals surface area contributed by atoms with Gasteiger partial charge in [-0.15, -0.1) is 0 Å². The van der Waals surface area contributed by atoms with Gasteiger partial charge >= 0.3 is 0 Å². The molecule has 1 heterocycles. The van der Waals surface area contributed by atoms with Gasteiger partial charge in [-0.25, -0.2) is 0 Å². The average molecular weight is 246 g/mol. The number of aryl methyl sites for hydroxylation is 1. The van der Waals surface area contributed by atoms with Crippen LogP contribution in [0.15, 0.2) is 24.3 Å². The molecule has 1 aromatic carbocycles. The number of hydrogen-bond acceptors (Lipinski definition) is 2. The lowest BCUT2D eigenvalue weighted by Crippen LogP contribution is -2.51. The highest BCUT2D eigenvalue weighted by molar-refractivity contribution is 6.00. The number of nitrogens with zero attached hydrogens (tertiary/aromatic N) is 1. The number of rotatable bonds is 1. The molecule has 0 bridgehead atoms. The lowest BCUT2D eigenvalue weighted by Gasteiger charge is -2.29. The Morgan fingerprint density at radius 1 is 1.28 bits per heavy atom. The number of hydrogen-bond donors (Lipinski definition) is 1. The molecule has 1 aliphatic heterocycles. The van der Waals surface area contributed by atoms with Crippen LogP contribution in [0, 0.1) is 12.8 Å². The van der Waals surface area contributed by atoms with Gasteiger partial charge in [0.2, 0.25) is 5.91 Å². The van der Waals surface area contributed by atoms with Gasteiger partial charge in [0.1, 0.15) is 0 Å². The van der Waals surface area contributed by atoms with Gasteiger partial charge in [0.25, 0.3) is 0 Å². The van der Waals surface area contributed by atoms with Crippen LogP contribution in [0.4, 0.5) is 5.69 Å². The molecule has 1 aliphatic rings. The molecule has 0 saturated carbocycles. The van der Waals surface area contributed by atoms with Crippen molar-refractivity contribution in [3.63, 3.8) is 0 Å². The summed E-state index contributed by atoms with van der Waals surface area (Å²) in [6.07, 6.45) is 0. The zero-order valence-corrected chi connectivity index (χ0v) is 11.7. The van der Waals surface area contributed by atoms with Crippen LogP contribution in [-0.2, 0) is 4.79 Å². The second kappa shape index (κ2) is 4.73. The zero-order chi connectivity index (χ0) is 13.3. The highest BCUT2D eigenvalue weighted by Gasteiger charge is 2.36. The van der Waals surface area contributed by atoms with Gasteiger partial charge in [0.15, 0.2) is 0 Å². The summed E-state index contributed by atoms with van der Waals surface area (Å²) in [6.45, 7) is 9.79. The first-order valence-corrected chi connectivity index (χ1v) is 6.54. The summed E-state index contributed by atoms with van der Waals surface area (Å²) in [7, 11) is 0. The molecule has 0 aliphatic carbocycles. The first-order chi connectivity index (χ1) is 8.40. The molecule has 1 N–H and O–H groups in total. The molecular weight excluding hydrogens is 224 g/mol. The van der Waals surface area contributed by atoms with E-state index in [9.17, 15) is 4.79 Å². The van der Waals surface area contributed by atoms with E-state index in [-0.39, 0.29) is 5.91 Å². The molecule has 1 unspecified atom stereocenters. The third-order valence-electron chi connectivity index (χ3n) is 3.51. The van der Waals surface area contributed by atoms with Crippen molar-refractivity contribution in [1.82, 2.24) is 5.32 Å². The van der Waals surface area contributed by atoms with E-state index in [0.717, 1.165) is 18.8 Å². The SMILES string of the molecule is Cc1ccc(N2CC(C)CNC(C)(C)C2=O)cc1. The Kier molecular flexibility index (Phi) is 3.44. The Morgan fingerprint density at radius 2 is 1.89 bits per heavy atom. The molecule has 3 nitrogen and oxygen atoms in total. The van der Waals surface area contributed by atoms with E-state index in [2.05, 4.69) is 31.3 Å². The van der Waals surface area contributed by atoms with Crippen LogP contribution in [0.2, 0.25) is 0 Å². The van der Waals surface area contributed by atoms with Crippen molar-refractivity contribution in [3.05, 3.63) is 29.8 Å². The maximum absolute atomic E-state index is 12.6. The minimum atomic E-state index is -0.490. The Balaban J connectivity index is 2.34. The van der Waals surface area contributed by atoms with Crippen LogP contribution in [0.25, 0.3) is 0 Å². The first kappa shape index (κ1) is 13.1. The van der Waals surface area contributed by atoms with Gasteiger partial charge < -0.3 is 10.2 Å². The van der Waals surface area contributed by atoms with Crippen molar-refractivity contribution >= 4 is 11.6 Å². The summed E-state index contributed by atoms with van der Waals surface area (Å²) >= 11 is 0. The fourth-order valence-electron chi connectivity index (χ4n) is 2.25. The lowest BCUT2D eigenvalue weighted by molar-refractivity contribution is -0.123. The van der Waals surface area contributed by atoms with E-state index in [1.165, 1.54) is 5.56 Å². The van der Waals surface area contributed by atoms with E-state index in [1.54, 1.807) is 0 Å². The van der Waals surface area contributed by atoms with E-state index >= 15 is 0 Å². The van der Waals surface area contributed by atoms with Crippen molar-refractivity contribution in [2.24, 2.45) is 5.92 Å².